The summed E-state index contributed by atoms with van der Waals surface area (Å²) in [6.45, 7) is 3.92. The highest BCUT2D eigenvalue weighted by Gasteiger charge is 2.14. The van der Waals surface area contributed by atoms with Gasteiger partial charge in [-0.3, -0.25) is 0 Å². The molecule has 0 aliphatic rings. The molecule has 0 aliphatic carbocycles. The maximum absolute atomic E-state index is 12.1. The first-order valence-corrected chi connectivity index (χ1v) is 7.38. The molecule has 1 aromatic rings. The van der Waals surface area contributed by atoms with Crippen molar-refractivity contribution in [3.63, 3.8) is 0 Å². The Morgan fingerprint density at radius 2 is 1.78 bits per heavy atom. The summed E-state index contributed by atoms with van der Waals surface area (Å²) in [5, 5.41) is 0. The smallest absolute Gasteiger partial charge is 0.283 e. The van der Waals surface area contributed by atoms with E-state index >= 15 is 0 Å². The van der Waals surface area contributed by atoms with Crippen LogP contribution in [0.3, 0.4) is 0 Å². The van der Waals surface area contributed by atoms with E-state index in [4.69, 9.17) is 0 Å². The molecule has 0 unspecified atom stereocenters. The SMILES string of the molecule is CCC/C(=N\S(=O)(=O)c1ccc(C)cc1)N(C)C. The van der Waals surface area contributed by atoms with Crippen LogP contribution in [-0.4, -0.2) is 33.2 Å². The van der Waals surface area contributed by atoms with Crippen molar-refractivity contribution in [3.8, 4) is 0 Å². The van der Waals surface area contributed by atoms with Crippen LogP contribution in [0.5, 0.6) is 0 Å². The lowest BCUT2D eigenvalue weighted by Gasteiger charge is -2.14. The van der Waals surface area contributed by atoms with Gasteiger partial charge >= 0.3 is 0 Å². The largest absolute Gasteiger partial charge is 0.365 e. The lowest BCUT2D eigenvalue weighted by molar-refractivity contribution is 0.584. The van der Waals surface area contributed by atoms with E-state index < -0.39 is 10.0 Å². The number of hydrogen-bond acceptors (Lipinski definition) is 2. The zero-order chi connectivity index (χ0) is 13.8. The first-order valence-electron chi connectivity index (χ1n) is 5.94. The van der Waals surface area contributed by atoms with Gasteiger partial charge in [-0.1, -0.05) is 24.6 Å². The van der Waals surface area contributed by atoms with E-state index in [1.807, 2.05) is 13.8 Å². The Hall–Kier alpha value is -1.36. The van der Waals surface area contributed by atoms with Gasteiger partial charge in [0, 0.05) is 20.5 Å². The number of benzene rings is 1. The van der Waals surface area contributed by atoms with Crippen LogP contribution < -0.4 is 0 Å². The minimum atomic E-state index is -3.60. The first kappa shape index (κ1) is 14.7. The number of rotatable bonds is 4. The van der Waals surface area contributed by atoms with Gasteiger partial charge in [-0.05, 0) is 25.5 Å². The average molecular weight is 268 g/mol. The zero-order valence-electron chi connectivity index (χ0n) is 11.3. The molecule has 5 heteroatoms. The Labute approximate surface area is 109 Å². The van der Waals surface area contributed by atoms with Crippen molar-refractivity contribution < 1.29 is 8.42 Å². The fourth-order valence-electron chi connectivity index (χ4n) is 1.48. The molecule has 100 valence electrons. The lowest BCUT2D eigenvalue weighted by atomic mass is 10.2. The van der Waals surface area contributed by atoms with Gasteiger partial charge in [0.05, 0.1) is 4.90 Å². The van der Waals surface area contributed by atoms with Crippen LogP contribution in [0.2, 0.25) is 0 Å². The molecule has 0 aromatic heterocycles. The average Bonchev–Trinajstić information content (AvgIpc) is 2.28. The quantitative estimate of drug-likeness (QED) is 0.622. The van der Waals surface area contributed by atoms with Crippen molar-refractivity contribution in [2.45, 2.75) is 31.6 Å². The molecule has 0 bridgehead atoms. The standard InChI is InChI=1S/C13H20N2O2S/c1-5-6-13(15(3)4)14-18(16,17)12-9-7-11(2)8-10-12/h7-10H,5-6H2,1-4H3/b14-13+. The minimum absolute atomic E-state index is 0.239. The summed E-state index contributed by atoms with van der Waals surface area (Å²) >= 11 is 0. The van der Waals surface area contributed by atoms with Crippen LogP contribution in [0.1, 0.15) is 25.3 Å². The third-order valence-corrected chi connectivity index (χ3v) is 3.85. The summed E-state index contributed by atoms with van der Waals surface area (Å²) in [5.74, 6) is 0.582. The fourth-order valence-corrected chi connectivity index (χ4v) is 2.59. The Morgan fingerprint density at radius 3 is 2.22 bits per heavy atom. The van der Waals surface area contributed by atoms with E-state index in [0.29, 0.717) is 12.3 Å². The highest BCUT2D eigenvalue weighted by molar-refractivity contribution is 7.90. The maximum Gasteiger partial charge on any atom is 0.283 e. The van der Waals surface area contributed by atoms with Gasteiger partial charge in [0.25, 0.3) is 10.0 Å². The maximum atomic E-state index is 12.1. The van der Waals surface area contributed by atoms with Crippen molar-refractivity contribution in [3.05, 3.63) is 29.8 Å². The van der Waals surface area contributed by atoms with Gasteiger partial charge in [-0.2, -0.15) is 8.42 Å². The Morgan fingerprint density at radius 1 is 1.22 bits per heavy atom. The van der Waals surface area contributed by atoms with E-state index in [1.165, 1.54) is 0 Å². The molecule has 0 amide bonds. The topological polar surface area (TPSA) is 49.7 Å². The molecule has 0 N–H and O–H groups in total. The third kappa shape index (κ3) is 3.84. The first-order chi connectivity index (χ1) is 8.36. The van der Waals surface area contributed by atoms with E-state index in [0.717, 1.165) is 12.0 Å². The van der Waals surface area contributed by atoms with Crippen LogP contribution in [0, 0.1) is 6.92 Å². The van der Waals surface area contributed by atoms with Crippen molar-refractivity contribution in [1.29, 1.82) is 0 Å². The number of hydrogen-bond donors (Lipinski definition) is 0. The second kappa shape index (κ2) is 6.00. The molecule has 0 spiro atoms. The Kier molecular flexibility index (Phi) is 4.90. The summed E-state index contributed by atoms with van der Waals surface area (Å²) in [6.07, 6.45) is 1.51. The van der Waals surface area contributed by atoms with Crippen molar-refractivity contribution in [2.75, 3.05) is 14.1 Å². The van der Waals surface area contributed by atoms with Gasteiger partial charge in [0.15, 0.2) is 0 Å². The molecule has 0 fully saturated rings. The zero-order valence-corrected chi connectivity index (χ0v) is 12.2. The minimum Gasteiger partial charge on any atom is -0.365 e. The van der Waals surface area contributed by atoms with Gasteiger partial charge in [-0.15, -0.1) is 4.40 Å². The van der Waals surface area contributed by atoms with Crippen LogP contribution in [0.25, 0.3) is 0 Å². The van der Waals surface area contributed by atoms with Crippen LogP contribution in [-0.2, 0) is 10.0 Å². The summed E-state index contributed by atoms with van der Waals surface area (Å²) in [6, 6.07) is 6.73. The van der Waals surface area contributed by atoms with E-state index in [-0.39, 0.29) is 4.90 Å². The summed E-state index contributed by atoms with van der Waals surface area (Å²) in [4.78, 5) is 1.98. The number of aryl methyl sites for hydroxylation is 1. The highest BCUT2D eigenvalue weighted by Crippen LogP contribution is 2.14. The molecule has 0 radical (unpaired) electrons. The van der Waals surface area contributed by atoms with Gasteiger partial charge < -0.3 is 4.90 Å². The Balaban J connectivity index is 3.13. The van der Waals surface area contributed by atoms with Crippen LogP contribution in [0.4, 0.5) is 0 Å². The molecule has 1 aromatic carbocycles. The fraction of sp³-hybridized carbons (Fsp3) is 0.462. The van der Waals surface area contributed by atoms with E-state index in [2.05, 4.69) is 4.40 Å². The lowest BCUT2D eigenvalue weighted by Crippen LogP contribution is -2.23. The molecule has 0 atom stereocenters. The van der Waals surface area contributed by atoms with Gasteiger partial charge in [0.2, 0.25) is 0 Å². The molecule has 4 nitrogen and oxygen atoms in total. The summed E-state index contributed by atoms with van der Waals surface area (Å²) in [7, 11) is 0.0123. The van der Waals surface area contributed by atoms with E-state index in [1.54, 1.807) is 43.3 Å². The molecule has 0 saturated carbocycles. The highest BCUT2D eigenvalue weighted by atomic mass is 32.2. The normalized spacial score (nSPS) is 12.6. The van der Waals surface area contributed by atoms with E-state index in [9.17, 15) is 8.42 Å². The molecule has 0 aliphatic heterocycles. The third-order valence-electron chi connectivity index (χ3n) is 2.53. The van der Waals surface area contributed by atoms with Crippen molar-refractivity contribution in [2.24, 2.45) is 4.40 Å². The molecule has 0 saturated heterocycles. The molecule has 1 rings (SSSR count). The number of amidine groups is 1. The van der Waals surface area contributed by atoms with Crippen LogP contribution >= 0.6 is 0 Å². The number of nitrogens with zero attached hydrogens (tertiary/aromatic N) is 2. The van der Waals surface area contributed by atoms with Crippen LogP contribution in [0.15, 0.2) is 33.6 Å². The van der Waals surface area contributed by atoms with Gasteiger partial charge in [-0.25, -0.2) is 0 Å². The summed E-state index contributed by atoms with van der Waals surface area (Å²) in [5.41, 5.74) is 1.03. The van der Waals surface area contributed by atoms with Crippen molar-refractivity contribution in [1.82, 2.24) is 4.90 Å². The molecular weight excluding hydrogens is 248 g/mol. The predicted molar refractivity (Wildman–Crippen MR) is 74.4 cm³/mol. The summed E-state index contributed by atoms with van der Waals surface area (Å²) < 4.78 is 28.2. The predicted octanol–water partition coefficient (Wildman–Crippen LogP) is 2.44. The van der Waals surface area contributed by atoms with Crippen molar-refractivity contribution >= 4 is 15.9 Å². The molecule has 0 heterocycles. The monoisotopic (exact) mass is 268 g/mol. The van der Waals surface area contributed by atoms with Gasteiger partial charge in [0.1, 0.15) is 5.84 Å². The second-order valence-electron chi connectivity index (χ2n) is 4.44. The second-order valence-corrected chi connectivity index (χ2v) is 6.04. The molecular formula is C13H20N2O2S. The Bertz CT molecular complexity index is 516. The molecule has 18 heavy (non-hydrogen) atoms. The number of sulfonamides is 1.